The quantitative estimate of drug-likeness (QED) is 0.600. The second-order valence-corrected chi connectivity index (χ2v) is 3.51. The first-order valence-corrected chi connectivity index (χ1v) is 4.21. The molecule has 2 heteroatoms. The molecule has 0 aromatic heterocycles. The number of ether oxygens (including phenoxy) is 1. The standard InChI is InChI=1S/C9H14O2/c1-2-9(6-10)7-4-3-5-11-8(7)9/h2,7-8,10H,1,3-6H2/t7-,8+,9+/m0/s1. The molecule has 2 nitrogen and oxygen atoms in total. The first-order chi connectivity index (χ1) is 5.35. The van der Waals surface area contributed by atoms with Crippen LogP contribution in [0.25, 0.3) is 0 Å². The van der Waals surface area contributed by atoms with Gasteiger partial charge in [0, 0.05) is 12.0 Å². The summed E-state index contributed by atoms with van der Waals surface area (Å²) in [4.78, 5) is 0. The van der Waals surface area contributed by atoms with Crippen molar-refractivity contribution in [2.75, 3.05) is 13.2 Å². The molecule has 0 spiro atoms. The third-order valence-electron chi connectivity index (χ3n) is 3.09. The van der Waals surface area contributed by atoms with E-state index < -0.39 is 0 Å². The highest BCUT2D eigenvalue weighted by Gasteiger charge is 2.64. The molecule has 0 aromatic rings. The Morgan fingerprint density at radius 3 is 3.00 bits per heavy atom. The zero-order valence-corrected chi connectivity index (χ0v) is 6.62. The number of rotatable bonds is 2. The van der Waals surface area contributed by atoms with Gasteiger partial charge in [-0.05, 0) is 18.8 Å². The lowest BCUT2D eigenvalue weighted by molar-refractivity contribution is 0.0639. The fourth-order valence-electron chi connectivity index (χ4n) is 2.25. The molecule has 0 amide bonds. The summed E-state index contributed by atoms with van der Waals surface area (Å²) in [7, 11) is 0. The number of fused-ring (bicyclic) bond motifs is 1. The van der Waals surface area contributed by atoms with E-state index in [9.17, 15) is 0 Å². The van der Waals surface area contributed by atoms with Crippen molar-refractivity contribution in [1.29, 1.82) is 0 Å². The molecule has 1 aliphatic carbocycles. The molecule has 62 valence electrons. The zero-order chi connectivity index (χ0) is 7.90. The maximum atomic E-state index is 9.14. The first-order valence-electron chi connectivity index (χ1n) is 4.21. The van der Waals surface area contributed by atoms with Crippen molar-refractivity contribution in [3.05, 3.63) is 12.7 Å². The summed E-state index contributed by atoms with van der Waals surface area (Å²) in [5, 5.41) is 9.14. The van der Waals surface area contributed by atoms with Crippen LogP contribution in [0, 0.1) is 11.3 Å². The van der Waals surface area contributed by atoms with Gasteiger partial charge in [-0.2, -0.15) is 0 Å². The monoisotopic (exact) mass is 154 g/mol. The maximum Gasteiger partial charge on any atom is 0.0729 e. The summed E-state index contributed by atoms with van der Waals surface area (Å²) < 4.78 is 5.52. The van der Waals surface area contributed by atoms with E-state index in [1.54, 1.807) is 0 Å². The fourth-order valence-corrected chi connectivity index (χ4v) is 2.25. The number of hydrogen-bond donors (Lipinski definition) is 1. The van der Waals surface area contributed by atoms with E-state index in [4.69, 9.17) is 9.84 Å². The second kappa shape index (κ2) is 2.32. The van der Waals surface area contributed by atoms with Gasteiger partial charge in [0.15, 0.2) is 0 Å². The van der Waals surface area contributed by atoms with Crippen LogP contribution in [0.4, 0.5) is 0 Å². The molecule has 1 saturated heterocycles. The molecule has 0 radical (unpaired) electrons. The molecule has 2 aliphatic rings. The molecular weight excluding hydrogens is 140 g/mol. The van der Waals surface area contributed by atoms with Crippen LogP contribution in [-0.2, 0) is 4.74 Å². The van der Waals surface area contributed by atoms with Gasteiger partial charge >= 0.3 is 0 Å². The third kappa shape index (κ3) is 0.797. The predicted molar refractivity (Wildman–Crippen MR) is 42.2 cm³/mol. The van der Waals surface area contributed by atoms with Crippen LogP contribution in [0.2, 0.25) is 0 Å². The molecule has 0 aromatic carbocycles. The van der Waals surface area contributed by atoms with E-state index >= 15 is 0 Å². The predicted octanol–water partition coefficient (Wildman–Crippen LogP) is 0.960. The van der Waals surface area contributed by atoms with Gasteiger partial charge in [-0.1, -0.05) is 6.08 Å². The van der Waals surface area contributed by atoms with Crippen molar-refractivity contribution in [3.63, 3.8) is 0 Å². The van der Waals surface area contributed by atoms with E-state index in [2.05, 4.69) is 6.58 Å². The highest BCUT2D eigenvalue weighted by molar-refractivity contribution is 5.21. The lowest BCUT2D eigenvalue weighted by Crippen LogP contribution is -2.11. The molecular formula is C9H14O2. The largest absolute Gasteiger partial charge is 0.395 e. The van der Waals surface area contributed by atoms with Crippen LogP contribution < -0.4 is 0 Å². The van der Waals surface area contributed by atoms with Gasteiger partial charge in [0.05, 0.1) is 12.7 Å². The molecule has 0 bridgehead atoms. The second-order valence-electron chi connectivity index (χ2n) is 3.51. The average molecular weight is 154 g/mol. The van der Waals surface area contributed by atoms with Crippen LogP contribution in [0.5, 0.6) is 0 Å². The molecule has 1 aliphatic heterocycles. The van der Waals surface area contributed by atoms with Crippen molar-refractivity contribution < 1.29 is 9.84 Å². The van der Waals surface area contributed by atoms with Crippen LogP contribution >= 0.6 is 0 Å². The van der Waals surface area contributed by atoms with Gasteiger partial charge in [0.1, 0.15) is 0 Å². The summed E-state index contributed by atoms with van der Waals surface area (Å²) in [5.74, 6) is 0.554. The molecule has 1 heterocycles. The Kier molecular flexibility index (Phi) is 1.55. The van der Waals surface area contributed by atoms with Crippen molar-refractivity contribution in [3.8, 4) is 0 Å². The summed E-state index contributed by atoms with van der Waals surface area (Å²) in [6.45, 7) is 4.81. The van der Waals surface area contributed by atoms with E-state index in [0.717, 1.165) is 13.0 Å². The fraction of sp³-hybridized carbons (Fsp3) is 0.778. The average Bonchev–Trinajstić information content (AvgIpc) is 2.74. The van der Waals surface area contributed by atoms with E-state index in [0.29, 0.717) is 5.92 Å². The smallest absolute Gasteiger partial charge is 0.0729 e. The maximum absolute atomic E-state index is 9.14. The van der Waals surface area contributed by atoms with Crippen LogP contribution in [0.3, 0.4) is 0 Å². The Bertz CT molecular complexity index is 164. The Morgan fingerprint density at radius 1 is 1.73 bits per heavy atom. The highest BCUT2D eigenvalue weighted by Crippen LogP contribution is 2.59. The SMILES string of the molecule is C=C[C@]1(CO)[C@@H]2OCCC[C@@H]21. The van der Waals surface area contributed by atoms with E-state index in [1.165, 1.54) is 6.42 Å². The van der Waals surface area contributed by atoms with Gasteiger partial charge in [-0.3, -0.25) is 0 Å². The van der Waals surface area contributed by atoms with E-state index in [-0.39, 0.29) is 18.1 Å². The summed E-state index contributed by atoms with van der Waals surface area (Å²) in [6, 6.07) is 0. The van der Waals surface area contributed by atoms with Crippen LogP contribution in [0.1, 0.15) is 12.8 Å². The highest BCUT2D eigenvalue weighted by atomic mass is 16.5. The lowest BCUT2D eigenvalue weighted by Gasteiger charge is -2.07. The Labute approximate surface area is 66.9 Å². The minimum Gasteiger partial charge on any atom is -0.395 e. The molecule has 2 rings (SSSR count). The topological polar surface area (TPSA) is 29.5 Å². The van der Waals surface area contributed by atoms with Crippen molar-refractivity contribution in [2.45, 2.75) is 18.9 Å². The third-order valence-corrected chi connectivity index (χ3v) is 3.09. The van der Waals surface area contributed by atoms with Crippen LogP contribution in [-0.4, -0.2) is 24.4 Å². The van der Waals surface area contributed by atoms with Crippen molar-refractivity contribution in [2.24, 2.45) is 11.3 Å². The zero-order valence-electron chi connectivity index (χ0n) is 6.62. The molecule has 0 unspecified atom stereocenters. The number of aliphatic hydroxyl groups is 1. The molecule has 3 atom stereocenters. The van der Waals surface area contributed by atoms with Gasteiger partial charge in [-0.15, -0.1) is 6.58 Å². The number of aliphatic hydroxyl groups excluding tert-OH is 1. The lowest BCUT2D eigenvalue weighted by atomic mass is 10.0. The first kappa shape index (κ1) is 7.32. The molecule has 1 saturated carbocycles. The number of hydrogen-bond acceptors (Lipinski definition) is 2. The van der Waals surface area contributed by atoms with Crippen molar-refractivity contribution >= 4 is 0 Å². The van der Waals surface area contributed by atoms with Gasteiger partial charge in [0.25, 0.3) is 0 Å². The van der Waals surface area contributed by atoms with E-state index in [1.807, 2.05) is 6.08 Å². The normalized spacial score (nSPS) is 48.1. The summed E-state index contributed by atoms with van der Waals surface area (Å²) in [5.41, 5.74) is -0.0729. The summed E-state index contributed by atoms with van der Waals surface area (Å²) in [6.07, 6.45) is 4.47. The van der Waals surface area contributed by atoms with Gasteiger partial charge in [0.2, 0.25) is 0 Å². The Balaban J connectivity index is 2.11. The minimum atomic E-state index is -0.0729. The van der Waals surface area contributed by atoms with Crippen LogP contribution in [0.15, 0.2) is 12.7 Å². The van der Waals surface area contributed by atoms with Crippen molar-refractivity contribution in [1.82, 2.24) is 0 Å². The molecule has 1 N–H and O–H groups in total. The Morgan fingerprint density at radius 2 is 2.55 bits per heavy atom. The molecule has 11 heavy (non-hydrogen) atoms. The Hall–Kier alpha value is -0.340. The van der Waals surface area contributed by atoms with Gasteiger partial charge < -0.3 is 9.84 Å². The van der Waals surface area contributed by atoms with Gasteiger partial charge in [-0.25, -0.2) is 0 Å². The minimum absolute atomic E-state index is 0.0729. The summed E-state index contributed by atoms with van der Waals surface area (Å²) >= 11 is 0. The molecule has 2 fully saturated rings.